The number of nitrogens with zero attached hydrogens (tertiary/aromatic N) is 4. The third-order valence-corrected chi connectivity index (χ3v) is 12.2. The molecule has 1 aromatic carbocycles. The van der Waals surface area contributed by atoms with E-state index in [4.69, 9.17) is 0 Å². The first-order valence-electron chi connectivity index (χ1n) is 14.5. The predicted octanol–water partition coefficient (Wildman–Crippen LogP) is 3.93. The maximum Gasteiger partial charge on any atom is 0.251 e. The van der Waals surface area contributed by atoms with Crippen molar-refractivity contribution in [3.8, 4) is 0 Å². The van der Waals surface area contributed by atoms with Gasteiger partial charge < -0.3 is 24.7 Å². The van der Waals surface area contributed by atoms with Crippen molar-refractivity contribution in [2.75, 3.05) is 49.6 Å². The Balaban J connectivity index is 1.79. The van der Waals surface area contributed by atoms with Gasteiger partial charge in [-0.2, -0.15) is 0 Å². The first kappa shape index (κ1) is 31.6. The molecule has 7 atom stereocenters. The van der Waals surface area contributed by atoms with Crippen LogP contribution in [0.25, 0.3) is 0 Å². The molecule has 3 fully saturated rings. The Kier molecular flexibility index (Phi) is 9.96. The van der Waals surface area contributed by atoms with Crippen LogP contribution in [0.5, 0.6) is 0 Å². The van der Waals surface area contributed by atoms with Crippen molar-refractivity contribution in [2.24, 2.45) is 11.8 Å². The summed E-state index contributed by atoms with van der Waals surface area (Å²) in [6.07, 6.45) is 4.45. The Morgan fingerprint density at radius 2 is 1.73 bits per heavy atom. The smallest absolute Gasteiger partial charge is 0.251 e. The minimum Gasteiger partial charge on any atom is -0.394 e. The molecule has 0 aliphatic carbocycles. The molecule has 8 nitrogen and oxygen atoms in total. The van der Waals surface area contributed by atoms with E-state index in [1.54, 1.807) is 45.7 Å². The molecule has 1 aromatic rings. The average Bonchev–Trinajstić information content (AvgIpc) is 3.56. The van der Waals surface area contributed by atoms with E-state index < -0.39 is 28.7 Å². The number of hydrogen-bond donors (Lipinski definition) is 1. The van der Waals surface area contributed by atoms with Crippen LogP contribution in [0.4, 0.5) is 11.4 Å². The van der Waals surface area contributed by atoms with Crippen molar-refractivity contribution in [2.45, 2.75) is 60.5 Å². The van der Waals surface area contributed by atoms with Gasteiger partial charge in [0, 0.05) is 54.7 Å². The van der Waals surface area contributed by atoms with Crippen LogP contribution in [-0.2, 0) is 14.4 Å². The fourth-order valence-electron chi connectivity index (χ4n) is 7.01. The van der Waals surface area contributed by atoms with Crippen LogP contribution in [0.3, 0.4) is 0 Å². The van der Waals surface area contributed by atoms with Crippen LogP contribution in [0.2, 0.25) is 0 Å². The van der Waals surface area contributed by atoms with Crippen LogP contribution in [0.1, 0.15) is 33.6 Å². The second-order valence-electron chi connectivity index (χ2n) is 11.1. The molecule has 0 radical (unpaired) electrons. The highest BCUT2D eigenvalue weighted by molar-refractivity contribution is 9.09. The number of benzene rings is 1. The summed E-state index contributed by atoms with van der Waals surface area (Å²) < 4.78 is -0.786. The van der Waals surface area contributed by atoms with Crippen LogP contribution >= 0.6 is 27.7 Å². The molecule has 0 aromatic heterocycles. The summed E-state index contributed by atoms with van der Waals surface area (Å²) in [6.45, 7) is 16.0. The molecule has 3 saturated heterocycles. The summed E-state index contributed by atoms with van der Waals surface area (Å²) in [5.74, 6) is -1.72. The van der Waals surface area contributed by atoms with Gasteiger partial charge >= 0.3 is 0 Å². The minimum atomic E-state index is -0.822. The van der Waals surface area contributed by atoms with E-state index in [0.717, 1.165) is 24.5 Å². The molecule has 0 saturated carbocycles. The topological polar surface area (TPSA) is 84.4 Å². The van der Waals surface area contributed by atoms with E-state index in [-0.39, 0.29) is 41.0 Å². The Morgan fingerprint density at radius 3 is 2.27 bits per heavy atom. The Labute approximate surface area is 256 Å². The lowest BCUT2D eigenvalue weighted by molar-refractivity contribution is -0.144. The molecule has 10 heteroatoms. The molecule has 1 spiro atoms. The zero-order valence-electron chi connectivity index (χ0n) is 24.5. The maximum atomic E-state index is 14.8. The zero-order chi connectivity index (χ0) is 30.1. The summed E-state index contributed by atoms with van der Waals surface area (Å²) >= 11 is 5.43. The number of carbonyl (C=O) groups is 3. The number of halogens is 1. The number of aliphatic hydroxyl groups excluding tert-OH is 1. The number of fused-ring (bicyclic) bond motifs is 1. The third kappa shape index (κ3) is 5.25. The van der Waals surface area contributed by atoms with E-state index in [2.05, 4.69) is 47.8 Å². The van der Waals surface area contributed by atoms with Crippen LogP contribution in [-0.4, -0.2) is 99.4 Å². The summed E-state index contributed by atoms with van der Waals surface area (Å²) in [5, 5.41) is 10.2. The van der Waals surface area contributed by atoms with Gasteiger partial charge in [-0.15, -0.1) is 24.9 Å². The Hall–Kier alpha value is -2.30. The number of hydrogen-bond acceptors (Lipinski definition) is 6. The first-order chi connectivity index (χ1) is 19.6. The minimum absolute atomic E-state index is 0.0201. The first-order valence-corrected chi connectivity index (χ1v) is 16.3. The van der Waals surface area contributed by atoms with Gasteiger partial charge in [-0.3, -0.25) is 14.4 Å². The number of thioether (sulfide) groups is 1. The quantitative estimate of drug-likeness (QED) is 0.258. The standard InChI is InChI=1S/C31H43BrN4O4S/c1-7-16-33(6)28(38)24-25-29(39)36(20(9-3)19-37)27(31(25)18-23(32)26(24)41-31)30(40)35(17-8-2)22-14-12-21(13-15-22)34(10-4)11-5/h7-8,12-15,20,23-27,37H,1-2,9-11,16-19H2,3-6H3/t20-,23?,24-,25-,26-,27?,31?/m0/s1. The van der Waals surface area contributed by atoms with Gasteiger partial charge in [0.2, 0.25) is 11.8 Å². The third-order valence-electron chi connectivity index (χ3n) is 8.97. The average molecular weight is 648 g/mol. The summed E-state index contributed by atoms with van der Waals surface area (Å²) in [6, 6.07) is 6.57. The van der Waals surface area contributed by atoms with Gasteiger partial charge in [-0.05, 0) is 51.0 Å². The zero-order valence-corrected chi connectivity index (χ0v) is 26.9. The highest BCUT2D eigenvalue weighted by atomic mass is 79.9. The fraction of sp³-hybridized carbons (Fsp3) is 0.581. The fourth-order valence-corrected chi connectivity index (χ4v) is 10.6. The predicted molar refractivity (Wildman–Crippen MR) is 171 cm³/mol. The molecular formula is C31H43BrN4O4S. The molecule has 3 amide bonds. The number of rotatable bonds is 13. The number of amides is 3. The molecule has 224 valence electrons. The van der Waals surface area contributed by atoms with Gasteiger partial charge in [0.05, 0.1) is 29.2 Å². The van der Waals surface area contributed by atoms with E-state index >= 15 is 0 Å². The van der Waals surface area contributed by atoms with Crippen molar-refractivity contribution in [3.63, 3.8) is 0 Å². The van der Waals surface area contributed by atoms with Gasteiger partial charge in [-0.25, -0.2) is 0 Å². The summed E-state index contributed by atoms with van der Waals surface area (Å²) in [4.78, 5) is 50.0. The molecule has 3 aliphatic rings. The lowest BCUT2D eigenvalue weighted by Crippen LogP contribution is -2.58. The van der Waals surface area contributed by atoms with E-state index in [1.165, 1.54) is 0 Å². The molecule has 3 heterocycles. The van der Waals surface area contributed by atoms with Crippen molar-refractivity contribution >= 4 is 56.8 Å². The van der Waals surface area contributed by atoms with Crippen molar-refractivity contribution in [1.29, 1.82) is 0 Å². The van der Waals surface area contributed by atoms with Gasteiger partial charge in [0.15, 0.2) is 0 Å². The molecule has 3 unspecified atom stereocenters. The molecular weight excluding hydrogens is 604 g/mol. The second kappa shape index (κ2) is 12.9. The van der Waals surface area contributed by atoms with Gasteiger partial charge in [0.1, 0.15) is 6.04 Å². The normalized spacial score (nSPS) is 28.8. The SMILES string of the molecule is C=CCN(C)C(=O)[C@H]1[C@H]2C(=O)N([C@@H](CC)CO)C(C(=O)N(CC=C)c3ccc(N(CC)CC)cc3)C23CC(Br)[C@@H]1S3. The van der Waals surface area contributed by atoms with Crippen molar-refractivity contribution < 1.29 is 19.5 Å². The monoisotopic (exact) mass is 646 g/mol. The number of alkyl halides is 1. The molecule has 4 rings (SSSR count). The number of aliphatic hydroxyl groups is 1. The highest BCUT2D eigenvalue weighted by Crippen LogP contribution is 2.68. The summed E-state index contributed by atoms with van der Waals surface area (Å²) in [7, 11) is 1.73. The van der Waals surface area contributed by atoms with Gasteiger partial charge in [0.25, 0.3) is 5.91 Å². The van der Waals surface area contributed by atoms with Crippen LogP contribution in [0.15, 0.2) is 49.6 Å². The summed E-state index contributed by atoms with van der Waals surface area (Å²) in [5.41, 5.74) is 1.80. The Morgan fingerprint density at radius 1 is 1.12 bits per heavy atom. The Bertz CT molecular complexity index is 1160. The van der Waals surface area contributed by atoms with Crippen molar-refractivity contribution in [1.82, 2.24) is 9.80 Å². The molecule has 3 aliphatic heterocycles. The lowest BCUT2D eigenvalue weighted by Gasteiger charge is -2.40. The van der Waals surface area contributed by atoms with Gasteiger partial charge in [-0.1, -0.05) is 35.0 Å². The van der Waals surface area contributed by atoms with E-state index in [0.29, 0.717) is 19.4 Å². The van der Waals surface area contributed by atoms with Crippen molar-refractivity contribution in [3.05, 3.63) is 49.6 Å². The molecule has 41 heavy (non-hydrogen) atoms. The number of likely N-dealkylation sites (tertiary alicyclic amines) is 1. The number of carbonyl (C=O) groups excluding carboxylic acids is 3. The lowest BCUT2D eigenvalue weighted by atomic mass is 9.70. The van der Waals surface area contributed by atoms with Crippen LogP contribution in [0, 0.1) is 11.8 Å². The van der Waals surface area contributed by atoms with Crippen LogP contribution < -0.4 is 9.80 Å². The number of likely N-dealkylation sites (N-methyl/N-ethyl adjacent to an activating group) is 1. The molecule has 1 N–H and O–H groups in total. The highest BCUT2D eigenvalue weighted by Gasteiger charge is 2.76. The largest absolute Gasteiger partial charge is 0.394 e. The van der Waals surface area contributed by atoms with E-state index in [9.17, 15) is 19.5 Å². The maximum absolute atomic E-state index is 14.8. The number of anilines is 2. The second-order valence-corrected chi connectivity index (χ2v) is 13.8. The van der Waals surface area contributed by atoms with E-state index in [1.807, 2.05) is 31.2 Å². The molecule has 2 bridgehead atoms.